The lowest BCUT2D eigenvalue weighted by atomic mass is 9.97. The van der Waals surface area contributed by atoms with Gasteiger partial charge in [0, 0.05) is 32.4 Å². The first kappa shape index (κ1) is 17.8. The molecule has 1 aromatic heterocycles. The zero-order valence-electron chi connectivity index (χ0n) is 15.0. The predicted octanol–water partition coefficient (Wildman–Crippen LogP) is 2.69. The smallest absolute Gasteiger partial charge is 0.410 e. The SMILES string of the molecule is CC(NCc1ccnn1C)C1CCCCN1C(=O)OC(C)(C)C. The van der Waals surface area contributed by atoms with Crippen LogP contribution in [0.1, 0.15) is 52.7 Å². The summed E-state index contributed by atoms with van der Waals surface area (Å²) in [6.07, 6.45) is 4.82. The largest absolute Gasteiger partial charge is 0.444 e. The van der Waals surface area contributed by atoms with Crippen molar-refractivity contribution in [3.05, 3.63) is 18.0 Å². The molecule has 0 aliphatic carbocycles. The van der Waals surface area contributed by atoms with E-state index in [0.717, 1.165) is 38.0 Å². The summed E-state index contributed by atoms with van der Waals surface area (Å²) in [5, 5.41) is 7.72. The first-order valence-electron chi connectivity index (χ1n) is 8.48. The molecule has 1 N–H and O–H groups in total. The van der Waals surface area contributed by atoms with Crippen LogP contribution in [0.5, 0.6) is 0 Å². The van der Waals surface area contributed by atoms with Gasteiger partial charge in [-0.2, -0.15) is 5.10 Å². The van der Waals surface area contributed by atoms with E-state index in [4.69, 9.17) is 4.74 Å². The zero-order valence-corrected chi connectivity index (χ0v) is 15.0. The third-order valence-electron chi connectivity index (χ3n) is 4.28. The Kier molecular flexibility index (Phi) is 5.68. The standard InChI is InChI=1S/C17H30N4O2/c1-13(18-12-14-9-10-19-20(14)5)15-8-6-7-11-21(15)16(22)23-17(2,3)4/h9-10,13,15,18H,6-8,11-12H2,1-5H3. The molecule has 1 amide bonds. The zero-order chi connectivity index (χ0) is 17.0. The summed E-state index contributed by atoms with van der Waals surface area (Å²) in [6.45, 7) is 9.40. The van der Waals surface area contributed by atoms with Gasteiger partial charge in [0.25, 0.3) is 0 Å². The number of carbonyl (C=O) groups is 1. The maximum Gasteiger partial charge on any atom is 0.410 e. The second kappa shape index (κ2) is 7.34. The van der Waals surface area contributed by atoms with E-state index in [0.29, 0.717) is 0 Å². The number of ether oxygens (including phenoxy) is 1. The molecule has 6 heteroatoms. The highest BCUT2D eigenvalue weighted by Crippen LogP contribution is 2.22. The van der Waals surface area contributed by atoms with E-state index in [2.05, 4.69) is 17.3 Å². The van der Waals surface area contributed by atoms with E-state index in [1.54, 1.807) is 6.20 Å². The summed E-state index contributed by atoms with van der Waals surface area (Å²) >= 11 is 0. The number of amides is 1. The van der Waals surface area contributed by atoms with Crippen molar-refractivity contribution in [2.24, 2.45) is 7.05 Å². The number of likely N-dealkylation sites (tertiary alicyclic amines) is 1. The molecule has 1 aromatic rings. The van der Waals surface area contributed by atoms with E-state index in [1.807, 2.05) is 43.5 Å². The lowest BCUT2D eigenvalue weighted by Gasteiger charge is -2.40. The Balaban J connectivity index is 1.96. The van der Waals surface area contributed by atoms with Crippen molar-refractivity contribution in [2.45, 2.75) is 71.2 Å². The molecule has 6 nitrogen and oxygen atoms in total. The monoisotopic (exact) mass is 322 g/mol. The fraction of sp³-hybridized carbons (Fsp3) is 0.765. The van der Waals surface area contributed by atoms with Gasteiger partial charge in [-0.3, -0.25) is 4.68 Å². The van der Waals surface area contributed by atoms with Crippen molar-refractivity contribution in [2.75, 3.05) is 6.54 Å². The number of aromatic nitrogens is 2. The van der Waals surface area contributed by atoms with Crippen molar-refractivity contribution in [3.8, 4) is 0 Å². The van der Waals surface area contributed by atoms with Crippen LogP contribution in [0.15, 0.2) is 12.3 Å². The van der Waals surface area contributed by atoms with Gasteiger partial charge in [-0.25, -0.2) is 4.79 Å². The molecule has 1 aliphatic heterocycles. The molecular weight excluding hydrogens is 292 g/mol. The Morgan fingerprint density at radius 1 is 1.48 bits per heavy atom. The Bertz CT molecular complexity index is 521. The Labute approximate surface area is 139 Å². The maximum absolute atomic E-state index is 12.5. The quantitative estimate of drug-likeness (QED) is 0.926. The third kappa shape index (κ3) is 4.96. The van der Waals surface area contributed by atoms with E-state index >= 15 is 0 Å². The van der Waals surface area contributed by atoms with Gasteiger partial charge in [-0.1, -0.05) is 0 Å². The lowest BCUT2D eigenvalue weighted by molar-refractivity contribution is 0.00550. The van der Waals surface area contributed by atoms with Gasteiger partial charge in [-0.05, 0) is 53.0 Å². The van der Waals surface area contributed by atoms with E-state index in [-0.39, 0.29) is 18.2 Å². The normalized spacial score (nSPS) is 20.4. The Morgan fingerprint density at radius 2 is 2.22 bits per heavy atom. The summed E-state index contributed by atoms with van der Waals surface area (Å²) in [6, 6.07) is 2.39. The van der Waals surface area contributed by atoms with Crippen molar-refractivity contribution >= 4 is 6.09 Å². The first-order valence-corrected chi connectivity index (χ1v) is 8.48. The number of hydrogen-bond donors (Lipinski definition) is 1. The molecule has 2 rings (SSSR count). The summed E-state index contributed by atoms with van der Waals surface area (Å²) in [4.78, 5) is 14.4. The van der Waals surface area contributed by atoms with Gasteiger partial charge in [0.15, 0.2) is 0 Å². The first-order chi connectivity index (χ1) is 10.8. The molecule has 0 spiro atoms. The highest BCUT2D eigenvalue weighted by Gasteiger charge is 2.33. The number of piperidine rings is 1. The molecule has 130 valence electrons. The fourth-order valence-corrected chi connectivity index (χ4v) is 3.00. The predicted molar refractivity (Wildman–Crippen MR) is 90.1 cm³/mol. The number of nitrogens with one attached hydrogen (secondary N) is 1. The second-order valence-electron chi connectivity index (χ2n) is 7.35. The van der Waals surface area contributed by atoms with Crippen molar-refractivity contribution < 1.29 is 9.53 Å². The molecule has 1 fully saturated rings. The number of rotatable bonds is 4. The summed E-state index contributed by atoms with van der Waals surface area (Å²) in [7, 11) is 1.94. The van der Waals surface area contributed by atoms with Crippen LogP contribution >= 0.6 is 0 Å². The Hall–Kier alpha value is -1.56. The van der Waals surface area contributed by atoms with E-state index in [1.165, 1.54) is 0 Å². The molecule has 0 saturated carbocycles. The summed E-state index contributed by atoms with van der Waals surface area (Å²) < 4.78 is 7.44. The minimum absolute atomic E-state index is 0.173. The van der Waals surface area contributed by atoms with Crippen LogP contribution in [-0.2, 0) is 18.3 Å². The van der Waals surface area contributed by atoms with Crippen LogP contribution in [0.4, 0.5) is 4.79 Å². The number of nitrogens with zero attached hydrogens (tertiary/aromatic N) is 3. The van der Waals surface area contributed by atoms with Crippen molar-refractivity contribution in [3.63, 3.8) is 0 Å². The Morgan fingerprint density at radius 3 is 2.83 bits per heavy atom. The summed E-state index contributed by atoms with van der Waals surface area (Å²) in [5.41, 5.74) is 0.682. The molecule has 2 unspecified atom stereocenters. The van der Waals surface area contributed by atoms with Gasteiger partial charge in [-0.15, -0.1) is 0 Å². The van der Waals surface area contributed by atoms with Crippen LogP contribution < -0.4 is 5.32 Å². The van der Waals surface area contributed by atoms with Crippen LogP contribution in [0.2, 0.25) is 0 Å². The van der Waals surface area contributed by atoms with Crippen LogP contribution in [0, 0.1) is 0 Å². The molecule has 2 atom stereocenters. The molecule has 23 heavy (non-hydrogen) atoms. The molecule has 1 saturated heterocycles. The van der Waals surface area contributed by atoms with Gasteiger partial charge in [0.05, 0.1) is 11.7 Å². The molecule has 0 radical (unpaired) electrons. The van der Waals surface area contributed by atoms with E-state index in [9.17, 15) is 4.79 Å². The fourth-order valence-electron chi connectivity index (χ4n) is 3.00. The molecule has 1 aliphatic rings. The second-order valence-corrected chi connectivity index (χ2v) is 7.35. The topological polar surface area (TPSA) is 59.4 Å². The number of hydrogen-bond acceptors (Lipinski definition) is 4. The molecule has 0 bridgehead atoms. The van der Waals surface area contributed by atoms with E-state index < -0.39 is 5.60 Å². The van der Waals surface area contributed by atoms with Crippen LogP contribution in [0.25, 0.3) is 0 Å². The number of aryl methyl sites for hydroxylation is 1. The van der Waals surface area contributed by atoms with Crippen LogP contribution in [-0.4, -0.2) is 45.0 Å². The minimum atomic E-state index is -0.454. The van der Waals surface area contributed by atoms with Crippen molar-refractivity contribution in [1.82, 2.24) is 20.0 Å². The molecule has 2 heterocycles. The minimum Gasteiger partial charge on any atom is -0.444 e. The average molecular weight is 322 g/mol. The maximum atomic E-state index is 12.5. The number of carbonyl (C=O) groups excluding carboxylic acids is 1. The van der Waals surface area contributed by atoms with Gasteiger partial charge < -0.3 is 15.0 Å². The van der Waals surface area contributed by atoms with Gasteiger partial charge >= 0.3 is 6.09 Å². The lowest BCUT2D eigenvalue weighted by Crippen LogP contribution is -2.54. The van der Waals surface area contributed by atoms with Gasteiger partial charge in [0.2, 0.25) is 0 Å². The average Bonchev–Trinajstić information content (AvgIpc) is 2.88. The summed E-state index contributed by atoms with van der Waals surface area (Å²) in [5.74, 6) is 0. The third-order valence-corrected chi connectivity index (χ3v) is 4.28. The van der Waals surface area contributed by atoms with Gasteiger partial charge in [0.1, 0.15) is 5.60 Å². The highest BCUT2D eigenvalue weighted by atomic mass is 16.6. The molecule has 0 aromatic carbocycles. The van der Waals surface area contributed by atoms with Crippen LogP contribution in [0.3, 0.4) is 0 Å². The highest BCUT2D eigenvalue weighted by molar-refractivity contribution is 5.68. The molecular formula is C17H30N4O2. The van der Waals surface area contributed by atoms with Crippen molar-refractivity contribution in [1.29, 1.82) is 0 Å².